The minimum atomic E-state index is -1.60. The minimum Gasteiger partial charge on any atom is -0.463 e. The Kier molecular flexibility index (Phi) is 6.82. The maximum absolute atomic E-state index is 12.6. The molecule has 3 N–H and O–H groups in total. The summed E-state index contributed by atoms with van der Waals surface area (Å²) in [7, 11) is -1.60. The Morgan fingerprint density at radius 1 is 0.963 bits per heavy atom. The zero-order valence-corrected chi connectivity index (χ0v) is 15.9. The van der Waals surface area contributed by atoms with Crippen LogP contribution in [0, 0.1) is 0 Å². The molecule has 1 aromatic rings. The van der Waals surface area contributed by atoms with Crippen LogP contribution in [-0.4, -0.2) is 42.3 Å². The molecule has 2 rings (SSSR count). The Morgan fingerprint density at radius 3 is 1.78 bits per heavy atom. The van der Waals surface area contributed by atoms with E-state index >= 15 is 0 Å². The normalized spacial score (nSPS) is 14.7. The number of carbonyl (C=O) groups excluding carboxylic acids is 2. The van der Waals surface area contributed by atoms with Crippen LogP contribution in [0.5, 0.6) is 0 Å². The molecule has 7 nitrogen and oxygen atoms in total. The van der Waals surface area contributed by atoms with Crippen molar-refractivity contribution >= 4 is 24.5 Å². The number of hydrogen-bond acceptors (Lipinski definition) is 7. The van der Waals surface area contributed by atoms with Crippen LogP contribution in [0.25, 0.3) is 0 Å². The maximum Gasteiger partial charge on any atom is 0.488 e. The number of esters is 2. The van der Waals surface area contributed by atoms with Crippen molar-refractivity contribution < 1.29 is 29.1 Å². The van der Waals surface area contributed by atoms with Gasteiger partial charge in [-0.3, -0.25) is 0 Å². The topological polar surface area (TPSA) is 105 Å². The molecule has 1 heterocycles. The van der Waals surface area contributed by atoms with Gasteiger partial charge in [-0.1, -0.05) is 24.3 Å². The van der Waals surface area contributed by atoms with Crippen molar-refractivity contribution in [2.45, 2.75) is 33.6 Å². The summed E-state index contributed by atoms with van der Waals surface area (Å²) < 4.78 is 10.4. The summed E-state index contributed by atoms with van der Waals surface area (Å²) in [4.78, 5) is 25.3. The van der Waals surface area contributed by atoms with Gasteiger partial charge in [0, 0.05) is 11.4 Å². The lowest BCUT2D eigenvalue weighted by Gasteiger charge is -2.30. The smallest absolute Gasteiger partial charge is 0.463 e. The zero-order chi connectivity index (χ0) is 20.1. The second-order valence-electron chi connectivity index (χ2n) is 6.12. The van der Waals surface area contributed by atoms with Gasteiger partial charge in [-0.25, -0.2) is 9.59 Å². The number of rotatable bonds is 6. The van der Waals surface area contributed by atoms with Crippen LogP contribution < -0.4 is 10.8 Å². The fraction of sp³-hybridized carbons (Fsp3) is 0.368. The van der Waals surface area contributed by atoms with Crippen molar-refractivity contribution in [2.75, 3.05) is 13.2 Å². The molecule has 0 aliphatic carbocycles. The third kappa shape index (κ3) is 4.40. The molecule has 0 saturated carbocycles. The number of benzene rings is 1. The summed E-state index contributed by atoms with van der Waals surface area (Å²) in [5.74, 6) is -1.73. The fourth-order valence-electron chi connectivity index (χ4n) is 3.15. The van der Waals surface area contributed by atoms with Gasteiger partial charge >= 0.3 is 19.1 Å². The molecule has 0 aromatic heterocycles. The molecule has 0 amide bonds. The molecule has 0 saturated heterocycles. The zero-order valence-electron chi connectivity index (χ0n) is 15.9. The van der Waals surface area contributed by atoms with Crippen molar-refractivity contribution in [3.63, 3.8) is 0 Å². The third-order valence-electron chi connectivity index (χ3n) is 4.32. The van der Waals surface area contributed by atoms with Gasteiger partial charge in [0.15, 0.2) is 0 Å². The molecule has 0 unspecified atom stereocenters. The van der Waals surface area contributed by atoms with E-state index in [1.165, 1.54) is 12.1 Å². The fourth-order valence-corrected chi connectivity index (χ4v) is 3.15. The Balaban J connectivity index is 2.60. The molecule has 1 aromatic carbocycles. The molecule has 0 atom stereocenters. The van der Waals surface area contributed by atoms with Crippen LogP contribution in [0.4, 0.5) is 0 Å². The van der Waals surface area contributed by atoms with E-state index in [1.54, 1.807) is 39.8 Å². The SMILES string of the molecule is CCOC(=O)C1=C(C)NC(C)=C(C(=O)OCC)C1c1ccc(B(O)O)cc1. The predicted molar refractivity (Wildman–Crippen MR) is 101 cm³/mol. The van der Waals surface area contributed by atoms with Gasteiger partial charge in [0.05, 0.1) is 30.3 Å². The van der Waals surface area contributed by atoms with Gasteiger partial charge in [-0.05, 0) is 38.7 Å². The molecule has 1 aliphatic rings. The molecule has 1 aliphatic heterocycles. The van der Waals surface area contributed by atoms with E-state index in [-0.39, 0.29) is 13.2 Å². The second-order valence-corrected chi connectivity index (χ2v) is 6.12. The Morgan fingerprint density at radius 2 is 1.41 bits per heavy atom. The van der Waals surface area contributed by atoms with Crippen molar-refractivity contribution in [3.05, 3.63) is 52.4 Å². The van der Waals surface area contributed by atoms with E-state index in [1.807, 2.05) is 0 Å². The molecule has 8 heteroatoms. The van der Waals surface area contributed by atoms with E-state index < -0.39 is 25.0 Å². The Labute approximate surface area is 158 Å². The molecular formula is C19H24BNO6. The number of carbonyl (C=O) groups is 2. The lowest BCUT2D eigenvalue weighted by atomic mass is 9.76. The van der Waals surface area contributed by atoms with Crippen molar-refractivity contribution in [3.8, 4) is 0 Å². The highest BCUT2D eigenvalue weighted by Gasteiger charge is 2.37. The highest BCUT2D eigenvalue weighted by Crippen LogP contribution is 2.39. The minimum absolute atomic E-state index is 0.204. The highest BCUT2D eigenvalue weighted by molar-refractivity contribution is 6.58. The second kappa shape index (κ2) is 8.88. The quantitative estimate of drug-likeness (QED) is 0.499. The van der Waals surface area contributed by atoms with Crippen molar-refractivity contribution in [1.29, 1.82) is 0 Å². The first-order chi connectivity index (χ1) is 12.8. The average molecular weight is 373 g/mol. The summed E-state index contributed by atoms with van der Waals surface area (Å²) in [5, 5.41) is 21.7. The molecular weight excluding hydrogens is 349 g/mol. The Bertz CT molecular complexity index is 742. The summed E-state index contributed by atoms with van der Waals surface area (Å²) in [6.07, 6.45) is 0. The van der Waals surface area contributed by atoms with Crippen LogP contribution in [0.3, 0.4) is 0 Å². The highest BCUT2D eigenvalue weighted by atomic mass is 16.5. The molecule has 27 heavy (non-hydrogen) atoms. The monoisotopic (exact) mass is 373 g/mol. The van der Waals surface area contributed by atoms with Crippen molar-refractivity contribution in [2.24, 2.45) is 0 Å². The van der Waals surface area contributed by atoms with Crippen LogP contribution in [0.1, 0.15) is 39.2 Å². The van der Waals surface area contributed by atoms with E-state index in [2.05, 4.69) is 5.32 Å². The van der Waals surface area contributed by atoms with Gasteiger partial charge in [0.1, 0.15) is 0 Å². The summed E-state index contributed by atoms with van der Waals surface area (Å²) >= 11 is 0. The number of hydrogen-bond donors (Lipinski definition) is 3. The first-order valence-corrected chi connectivity index (χ1v) is 8.80. The molecule has 0 radical (unpaired) electrons. The van der Waals surface area contributed by atoms with Gasteiger partial charge in [0.25, 0.3) is 0 Å². The van der Waals surface area contributed by atoms with E-state index in [4.69, 9.17) is 9.47 Å². The molecule has 144 valence electrons. The van der Waals surface area contributed by atoms with Gasteiger partial charge in [0.2, 0.25) is 0 Å². The standard InChI is InChI=1S/C19H24BNO6/c1-5-26-18(22)15-11(3)21-12(4)16(19(23)27-6-2)17(15)13-7-9-14(10-8-13)20(24)25/h7-10,17,21,24-25H,5-6H2,1-4H3. The summed E-state index contributed by atoms with van der Waals surface area (Å²) in [6.45, 7) is 7.32. The van der Waals surface area contributed by atoms with Crippen LogP contribution >= 0.6 is 0 Å². The largest absolute Gasteiger partial charge is 0.488 e. The lowest BCUT2D eigenvalue weighted by Crippen LogP contribution is -2.33. The van der Waals surface area contributed by atoms with Crippen LogP contribution in [-0.2, 0) is 19.1 Å². The number of allylic oxidation sites excluding steroid dienone is 2. The molecule has 0 spiro atoms. The molecule has 0 fully saturated rings. The molecule has 0 bridgehead atoms. The van der Waals surface area contributed by atoms with Crippen molar-refractivity contribution in [1.82, 2.24) is 5.32 Å². The maximum atomic E-state index is 12.6. The van der Waals surface area contributed by atoms with E-state index in [0.717, 1.165) is 0 Å². The van der Waals surface area contributed by atoms with Gasteiger partial charge in [-0.2, -0.15) is 0 Å². The Hall–Kier alpha value is -2.58. The third-order valence-corrected chi connectivity index (χ3v) is 4.32. The van der Waals surface area contributed by atoms with Crippen LogP contribution in [0.2, 0.25) is 0 Å². The first-order valence-electron chi connectivity index (χ1n) is 8.80. The summed E-state index contributed by atoms with van der Waals surface area (Å²) in [6, 6.07) is 6.39. The number of dihydropyridines is 1. The van der Waals surface area contributed by atoms with Gasteiger partial charge < -0.3 is 24.8 Å². The first kappa shape index (κ1) is 20.7. The predicted octanol–water partition coefficient (Wildman–Crippen LogP) is 0.727. The van der Waals surface area contributed by atoms with E-state index in [9.17, 15) is 19.6 Å². The number of ether oxygens (including phenoxy) is 2. The van der Waals surface area contributed by atoms with E-state index in [0.29, 0.717) is 33.6 Å². The van der Waals surface area contributed by atoms with Gasteiger partial charge in [-0.15, -0.1) is 0 Å². The van der Waals surface area contributed by atoms with Crippen LogP contribution in [0.15, 0.2) is 46.8 Å². The average Bonchev–Trinajstić information content (AvgIpc) is 2.61. The summed E-state index contributed by atoms with van der Waals surface area (Å²) in [5.41, 5.74) is 2.78. The number of nitrogens with one attached hydrogen (secondary N) is 1. The lowest BCUT2D eigenvalue weighted by molar-refractivity contribution is -0.139.